The second kappa shape index (κ2) is 9.41. The first-order chi connectivity index (χ1) is 17.9. The van der Waals surface area contributed by atoms with Crippen molar-refractivity contribution in [3.8, 4) is 17.1 Å². The molecule has 5 rings (SSSR count). The molecule has 0 aliphatic carbocycles. The fourth-order valence-corrected chi connectivity index (χ4v) is 5.08. The van der Waals surface area contributed by atoms with Crippen molar-refractivity contribution >= 4 is 11.7 Å². The molecule has 10 heteroatoms. The van der Waals surface area contributed by atoms with Crippen LogP contribution in [0.25, 0.3) is 22.7 Å². The van der Waals surface area contributed by atoms with Gasteiger partial charge >= 0.3 is 6.09 Å². The van der Waals surface area contributed by atoms with E-state index in [9.17, 15) is 9.59 Å². The minimum Gasteiger partial charge on any atom is -0.444 e. The molecule has 1 atom stereocenters. The summed E-state index contributed by atoms with van der Waals surface area (Å²) in [6, 6.07) is 7.58. The van der Waals surface area contributed by atoms with Crippen molar-refractivity contribution in [2.45, 2.75) is 72.6 Å². The fourth-order valence-electron chi connectivity index (χ4n) is 5.08. The molecule has 10 nitrogen and oxygen atoms in total. The number of aryl methyl sites for hydroxylation is 1. The minimum absolute atomic E-state index is 0.0832. The molecule has 4 heterocycles. The lowest BCUT2D eigenvalue weighted by atomic mass is 9.99. The van der Waals surface area contributed by atoms with E-state index in [2.05, 4.69) is 24.0 Å². The normalized spacial score (nSPS) is 15.8. The number of carbonyl (C=O) groups is 1. The van der Waals surface area contributed by atoms with Crippen LogP contribution in [0, 0.1) is 5.92 Å². The fraction of sp³-hybridized carbons (Fsp3) is 0.464. The monoisotopic (exact) mass is 517 g/mol. The molecule has 0 radical (unpaired) electrons. The van der Waals surface area contributed by atoms with Crippen LogP contribution >= 0.6 is 0 Å². The number of aromatic nitrogens is 6. The van der Waals surface area contributed by atoms with Crippen molar-refractivity contribution < 1.29 is 9.53 Å². The van der Waals surface area contributed by atoms with Gasteiger partial charge in [-0.1, -0.05) is 13.8 Å². The van der Waals surface area contributed by atoms with Gasteiger partial charge in [0.05, 0.1) is 24.1 Å². The summed E-state index contributed by atoms with van der Waals surface area (Å²) in [6.45, 7) is 12.1. The number of nitrogens with zero attached hydrogens (tertiary/aromatic N) is 7. The molecule has 1 amide bonds. The summed E-state index contributed by atoms with van der Waals surface area (Å²) in [7, 11) is 1.90. The standard InChI is InChI=1S/C28H35N7O3/c1-17(2)12-20-14-30-35-23-15-33(27(37)38-28(4,5)6)18(3)13-22(23)26(36)34(25(20)35)21-10-8-19(9-11-21)24-31-29-16-32(24)7/h8-11,14,16-18H,12-13,15H2,1-7H3. The molecule has 1 aliphatic rings. The molecule has 1 aliphatic heterocycles. The number of hydrogen-bond donors (Lipinski definition) is 0. The lowest BCUT2D eigenvalue weighted by molar-refractivity contribution is 0.0131. The van der Waals surface area contributed by atoms with Crippen molar-refractivity contribution in [3.63, 3.8) is 0 Å². The maximum absolute atomic E-state index is 14.1. The summed E-state index contributed by atoms with van der Waals surface area (Å²) in [4.78, 5) is 28.9. The second-order valence-electron chi connectivity index (χ2n) is 11.5. The number of fused-ring (bicyclic) bond motifs is 3. The largest absolute Gasteiger partial charge is 0.444 e. The van der Waals surface area contributed by atoms with E-state index in [0.29, 0.717) is 17.9 Å². The van der Waals surface area contributed by atoms with Crippen molar-refractivity contribution in [2.75, 3.05) is 0 Å². The molecule has 38 heavy (non-hydrogen) atoms. The average molecular weight is 518 g/mol. The number of hydrogen-bond acceptors (Lipinski definition) is 6. The quantitative estimate of drug-likeness (QED) is 0.403. The van der Waals surface area contributed by atoms with Crippen LogP contribution in [-0.4, -0.2) is 51.6 Å². The Hall–Kier alpha value is -3.95. The highest BCUT2D eigenvalue weighted by Crippen LogP contribution is 2.28. The average Bonchev–Trinajstić information content (AvgIpc) is 3.44. The molecular formula is C28H35N7O3. The molecule has 200 valence electrons. The lowest BCUT2D eigenvalue weighted by Gasteiger charge is -2.36. The molecule has 3 aromatic heterocycles. The first-order valence-electron chi connectivity index (χ1n) is 13.0. The number of amides is 1. The third-order valence-electron chi connectivity index (χ3n) is 6.80. The highest BCUT2D eigenvalue weighted by atomic mass is 16.6. The Labute approximate surface area is 221 Å². The Kier molecular flexibility index (Phi) is 6.36. The molecule has 0 saturated heterocycles. The van der Waals surface area contributed by atoms with E-state index in [0.717, 1.165) is 40.4 Å². The summed E-state index contributed by atoms with van der Waals surface area (Å²) >= 11 is 0. The summed E-state index contributed by atoms with van der Waals surface area (Å²) < 4.78 is 11.1. The molecule has 0 N–H and O–H groups in total. The lowest BCUT2D eigenvalue weighted by Crippen LogP contribution is -2.48. The van der Waals surface area contributed by atoms with Gasteiger partial charge < -0.3 is 9.30 Å². The van der Waals surface area contributed by atoms with E-state index in [1.54, 1.807) is 15.8 Å². The minimum atomic E-state index is -0.608. The van der Waals surface area contributed by atoms with E-state index in [1.165, 1.54) is 0 Å². The van der Waals surface area contributed by atoms with Gasteiger partial charge in [0.25, 0.3) is 5.56 Å². The molecular weight excluding hydrogens is 482 g/mol. The highest BCUT2D eigenvalue weighted by molar-refractivity contribution is 5.69. The number of benzene rings is 1. The maximum Gasteiger partial charge on any atom is 0.410 e. The SMILES string of the molecule is CC(C)Cc1cnn2c3c(c(=O)n(-c4ccc(-c5nncn5C)cc4)c12)CC(C)N(C(=O)OC(C)(C)C)C3. The zero-order chi connectivity index (χ0) is 27.4. The molecule has 0 saturated carbocycles. The summed E-state index contributed by atoms with van der Waals surface area (Å²) in [5.41, 5.74) is 4.09. The number of carbonyl (C=O) groups excluding carboxylic acids is 1. The van der Waals surface area contributed by atoms with Crippen molar-refractivity contribution in [1.82, 2.24) is 33.8 Å². The molecule has 1 aromatic carbocycles. The Morgan fingerprint density at radius 1 is 1.18 bits per heavy atom. The van der Waals surface area contributed by atoms with Gasteiger partial charge in [-0.25, -0.2) is 9.31 Å². The zero-order valence-corrected chi connectivity index (χ0v) is 23.1. The van der Waals surface area contributed by atoms with Crippen LogP contribution in [0.5, 0.6) is 0 Å². The predicted molar refractivity (Wildman–Crippen MR) is 144 cm³/mol. The molecule has 0 bridgehead atoms. The number of ether oxygens (including phenoxy) is 1. The van der Waals surface area contributed by atoms with Crippen LogP contribution in [0.15, 0.2) is 41.6 Å². The summed E-state index contributed by atoms with van der Waals surface area (Å²) in [6.07, 6.45) is 4.30. The third-order valence-corrected chi connectivity index (χ3v) is 6.80. The summed E-state index contributed by atoms with van der Waals surface area (Å²) in [5, 5.41) is 12.9. The molecule has 1 unspecified atom stereocenters. The Morgan fingerprint density at radius 2 is 1.89 bits per heavy atom. The Balaban J connectivity index is 1.66. The van der Waals surface area contributed by atoms with Gasteiger partial charge in [-0.2, -0.15) is 5.10 Å². The smallest absolute Gasteiger partial charge is 0.410 e. The Bertz CT molecular complexity index is 1550. The highest BCUT2D eigenvalue weighted by Gasteiger charge is 2.34. The van der Waals surface area contributed by atoms with Gasteiger partial charge in [0.1, 0.15) is 17.6 Å². The first kappa shape index (κ1) is 25.7. The molecule has 0 spiro atoms. The first-order valence-corrected chi connectivity index (χ1v) is 13.0. The van der Waals surface area contributed by atoms with Crippen LogP contribution in [0.3, 0.4) is 0 Å². The van der Waals surface area contributed by atoms with Gasteiger partial charge in [-0.05, 0) is 64.3 Å². The van der Waals surface area contributed by atoms with Crippen LogP contribution < -0.4 is 5.56 Å². The summed E-state index contributed by atoms with van der Waals surface area (Å²) in [5.74, 6) is 1.12. The van der Waals surface area contributed by atoms with Gasteiger partial charge in [-0.15, -0.1) is 10.2 Å². The van der Waals surface area contributed by atoms with Gasteiger partial charge in [-0.3, -0.25) is 14.3 Å². The Morgan fingerprint density at radius 3 is 2.50 bits per heavy atom. The van der Waals surface area contributed by atoms with Crippen LogP contribution in [0.1, 0.15) is 58.4 Å². The predicted octanol–water partition coefficient (Wildman–Crippen LogP) is 4.16. The van der Waals surface area contributed by atoms with E-state index >= 15 is 0 Å². The van der Waals surface area contributed by atoms with Gasteiger partial charge in [0.2, 0.25) is 0 Å². The van der Waals surface area contributed by atoms with E-state index in [1.807, 2.05) is 74.3 Å². The van der Waals surface area contributed by atoms with Gasteiger partial charge in [0.15, 0.2) is 5.82 Å². The third kappa shape index (κ3) is 4.59. The topological polar surface area (TPSA) is 99.6 Å². The number of rotatable bonds is 4. The van der Waals surface area contributed by atoms with E-state index < -0.39 is 5.60 Å². The van der Waals surface area contributed by atoms with Crippen molar-refractivity contribution in [2.24, 2.45) is 13.0 Å². The van der Waals surface area contributed by atoms with E-state index in [4.69, 9.17) is 9.84 Å². The zero-order valence-electron chi connectivity index (χ0n) is 23.1. The maximum atomic E-state index is 14.1. The van der Waals surface area contributed by atoms with Crippen LogP contribution in [0.2, 0.25) is 0 Å². The molecule has 0 fully saturated rings. The second-order valence-corrected chi connectivity index (χ2v) is 11.5. The van der Waals surface area contributed by atoms with Crippen LogP contribution in [-0.2, 0) is 31.2 Å². The van der Waals surface area contributed by atoms with Crippen LogP contribution in [0.4, 0.5) is 4.79 Å². The molecule has 4 aromatic rings. The van der Waals surface area contributed by atoms with Crippen molar-refractivity contribution in [1.29, 1.82) is 0 Å². The van der Waals surface area contributed by atoms with Gasteiger partial charge in [0, 0.05) is 36.2 Å². The van der Waals surface area contributed by atoms with Crippen molar-refractivity contribution in [3.05, 3.63) is 64.0 Å². The van der Waals surface area contributed by atoms with E-state index in [-0.39, 0.29) is 24.2 Å².